The summed E-state index contributed by atoms with van der Waals surface area (Å²) >= 11 is 0. The minimum absolute atomic E-state index is 0.509. The lowest BCUT2D eigenvalue weighted by Gasteiger charge is -2.45. The van der Waals surface area contributed by atoms with Crippen molar-refractivity contribution < 1.29 is 4.79 Å². The van der Waals surface area contributed by atoms with E-state index in [1.54, 1.807) is 0 Å². The van der Waals surface area contributed by atoms with Crippen LogP contribution in [0.25, 0.3) is 0 Å². The molecule has 56 valence electrons. The van der Waals surface area contributed by atoms with E-state index in [-0.39, 0.29) is 0 Å². The molecular weight excluding hydrogens is 126 g/mol. The number of fused-ring (bicyclic) bond motifs is 2. The smallest absolute Gasteiger partial charge is 0.121 e. The van der Waals surface area contributed by atoms with Crippen LogP contribution in [0.15, 0.2) is 0 Å². The number of aldehydes is 1. The fourth-order valence-corrected chi connectivity index (χ4v) is 2.15. The van der Waals surface area contributed by atoms with Crippen LogP contribution in [-0.2, 0) is 4.79 Å². The molecular formula is C8H13NO. The van der Waals surface area contributed by atoms with Crippen molar-refractivity contribution in [1.82, 2.24) is 5.32 Å². The maximum absolute atomic E-state index is 10.2. The highest BCUT2D eigenvalue weighted by Gasteiger charge is 2.37. The van der Waals surface area contributed by atoms with Crippen molar-refractivity contribution in [3.8, 4) is 0 Å². The van der Waals surface area contributed by atoms with E-state index in [0.29, 0.717) is 12.5 Å². The first-order valence-electron chi connectivity index (χ1n) is 4.08. The zero-order chi connectivity index (χ0) is 6.97. The molecule has 0 radical (unpaired) electrons. The first kappa shape index (κ1) is 6.35. The molecule has 0 aromatic heterocycles. The molecule has 1 N–H and O–H groups in total. The number of nitrogens with one attached hydrogen (secondary N) is 1. The van der Waals surface area contributed by atoms with Crippen molar-refractivity contribution in [3.05, 3.63) is 0 Å². The van der Waals surface area contributed by atoms with Crippen molar-refractivity contribution in [1.29, 1.82) is 0 Å². The minimum atomic E-state index is 0.509. The van der Waals surface area contributed by atoms with Gasteiger partial charge in [-0.05, 0) is 25.2 Å². The van der Waals surface area contributed by atoms with Crippen LogP contribution in [0.1, 0.15) is 25.7 Å². The average molecular weight is 139 g/mol. The van der Waals surface area contributed by atoms with Gasteiger partial charge in [-0.15, -0.1) is 0 Å². The Bertz CT molecular complexity index is 130. The van der Waals surface area contributed by atoms with Gasteiger partial charge in [0.15, 0.2) is 0 Å². The summed E-state index contributed by atoms with van der Waals surface area (Å²) in [6, 6.07) is 1.26. The molecule has 3 aliphatic rings. The monoisotopic (exact) mass is 139 g/mol. The molecule has 1 saturated carbocycles. The number of rotatable bonds is 2. The normalized spacial score (nSPS) is 44.2. The standard InChI is InChI=1S/C8H13NO/c10-2-1-7-3-6-4-8(5-6)9-7/h2,6-9H,1,3-5H2. The van der Waals surface area contributed by atoms with Crippen molar-refractivity contribution in [2.24, 2.45) is 5.92 Å². The van der Waals surface area contributed by atoms with E-state index in [4.69, 9.17) is 0 Å². The Morgan fingerprint density at radius 2 is 2.20 bits per heavy atom. The van der Waals surface area contributed by atoms with E-state index in [0.717, 1.165) is 18.2 Å². The molecule has 1 unspecified atom stereocenters. The van der Waals surface area contributed by atoms with Gasteiger partial charge in [0, 0.05) is 18.5 Å². The molecule has 1 aliphatic carbocycles. The van der Waals surface area contributed by atoms with Crippen molar-refractivity contribution in [2.75, 3.05) is 0 Å². The summed E-state index contributed by atoms with van der Waals surface area (Å²) in [4.78, 5) is 10.2. The molecule has 2 saturated heterocycles. The summed E-state index contributed by atoms with van der Waals surface area (Å²) in [7, 11) is 0. The van der Waals surface area contributed by atoms with Gasteiger partial charge in [0.1, 0.15) is 6.29 Å². The Morgan fingerprint density at radius 3 is 2.70 bits per heavy atom. The van der Waals surface area contributed by atoms with Gasteiger partial charge in [-0.25, -0.2) is 0 Å². The fraction of sp³-hybridized carbons (Fsp3) is 0.875. The van der Waals surface area contributed by atoms with Crippen LogP contribution in [0.4, 0.5) is 0 Å². The topological polar surface area (TPSA) is 29.1 Å². The van der Waals surface area contributed by atoms with Crippen LogP contribution in [-0.4, -0.2) is 18.4 Å². The quantitative estimate of drug-likeness (QED) is 0.571. The third-order valence-corrected chi connectivity index (χ3v) is 2.71. The number of hydrogen-bond donors (Lipinski definition) is 1. The number of carbonyl (C=O) groups excluding carboxylic acids is 1. The van der Waals surface area contributed by atoms with Gasteiger partial charge in [-0.2, -0.15) is 0 Å². The fourth-order valence-electron chi connectivity index (χ4n) is 2.15. The first-order chi connectivity index (χ1) is 4.88. The Labute approximate surface area is 61.0 Å². The van der Waals surface area contributed by atoms with E-state index >= 15 is 0 Å². The van der Waals surface area contributed by atoms with E-state index < -0.39 is 0 Å². The predicted molar refractivity (Wildman–Crippen MR) is 38.7 cm³/mol. The zero-order valence-corrected chi connectivity index (χ0v) is 6.05. The summed E-state index contributed by atoms with van der Waals surface area (Å²) in [5.41, 5.74) is 0. The van der Waals surface area contributed by atoms with Gasteiger partial charge < -0.3 is 10.1 Å². The van der Waals surface area contributed by atoms with Crippen LogP contribution in [0, 0.1) is 5.92 Å². The number of carbonyl (C=O) groups is 1. The second-order valence-electron chi connectivity index (χ2n) is 3.54. The Kier molecular flexibility index (Phi) is 1.49. The van der Waals surface area contributed by atoms with Gasteiger partial charge in [0.05, 0.1) is 0 Å². The lowest BCUT2D eigenvalue weighted by atomic mass is 9.72. The molecule has 0 spiro atoms. The van der Waals surface area contributed by atoms with Crippen LogP contribution < -0.4 is 5.32 Å². The Balaban J connectivity index is 1.85. The van der Waals surface area contributed by atoms with Crippen molar-refractivity contribution in [2.45, 2.75) is 37.8 Å². The zero-order valence-electron chi connectivity index (χ0n) is 6.05. The van der Waals surface area contributed by atoms with Crippen molar-refractivity contribution >= 4 is 6.29 Å². The largest absolute Gasteiger partial charge is 0.311 e. The summed E-state index contributed by atoms with van der Waals surface area (Å²) < 4.78 is 0. The summed E-state index contributed by atoms with van der Waals surface area (Å²) in [6.45, 7) is 0. The summed E-state index contributed by atoms with van der Waals surface area (Å²) in [5, 5.41) is 3.45. The number of hydrogen-bond acceptors (Lipinski definition) is 2. The van der Waals surface area contributed by atoms with Gasteiger partial charge in [-0.1, -0.05) is 0 Å². The second kappa shape index (κ2) is 2.35. The highest BCUT2D eigenvalue weighted by atomic mass is 16.1. The van der Waals surface area contributed by atoms with Crippen LogP contribution in [0.5, 0.6) is 0 Å². The molecule has 0 amide bonds. The molecule has 0 aromatic carbocycles. The molecule has 2 aliphatic heterocycles. The molecule has 10 heavy (non-hydrogen) atoms. The van der Waals surface area contributed by atoms with Gasteiger partial charge in [-0.3, -0.25) is 0 Å². The second-order valence-corrected chi connectivity index (χ2v) is 3.54. The van der Waals surface area contributed by atoms with Crippen LogP contribution in [0.2, 0.25) is 0 Å². The highest BCUT2D eigenvalue weighted by Crippen LogP contribution is 2.36. The van der Waals surface area contributed by atoms with E-state index in [1.807, 2.05) is 0 Å². The molecule has 2 heterocycles. The molecule has 2 nitrogen and oxygen atoms in total. The third-order valence-electron chi connectivity index (χ3n) is 2.71. The van der Waals surface area contributed by atoms with Crippen LogP contribution >= 0.6 is 0 Å². The number of piperidine rings is 2. The summed E-state index contributed by atoms with van der Waals surface area (Å²) in [6.07, 6.45) is 5.69. The van der Waals surface area contributed by atoms with E-state index in [2.05, 4.69) is 5.32 Å². The third kappa shape index (κ3) is 0.966. The van der Waals surface area contributed by atoms with Crippen molar-refractivity contribution in [3.63, 3.8) is 0 Å². The first-order valence-corrected chi connectivity index (χ1v) is 4.08. The Morgan fingerprint density at radius 1 is 1.40 bits per heavy atom. The lowest BCUT2D eigenvalue weighted by Crippen LogP contribution is -2.54. The molecule has 0 aromatic rings. The van der Waals surface area contributed by atoms with E-state index in [1.165, 1.54) is 19.3 Å². The molecule has 3 rings (SSSR count). The molecule has 3 fully saturated rings. The van der Waals surface area contributed by atoms with Crippen LogP contribution in [0.3, 0.4) is 0 Å². The summed E-state index contributed by atoms with van der Waals surface area (Å²) in [5.74, 6) is 0.941. The van der Waals surface area contributed by atoms with Gasteiger partial charge in [0.25, 0.3) is 0 Å². The average Bonchev–Trinajstić information content (AvgIpc) is 1.87. The lowest BCUT2D eigenvalue weighted by molar-refractivity contribution is -0.108. The van der Waals surface area contributed by atoms with E-state index in [9.17, 15) is 4.79 Å². The SMILES string of the molecule is O=CCC1CC2CC(C2)N1. The minimum Gasteiger partial charge on any atom is -0.311 e. The van der Waals surface area contributed by atoms with Gasteiger partial charge >= 0.3 is 0 Å². The Hall–Kier alpha value is -0.370. The molecule has 2 heteroatoms. The molecule has 1 atom stereocenters. The predicted octanol–water partition coefficient (Wildman–Crippen LogP) is 0.716. The maximum atomic E-state index is 10.2. The maximum Gasteiger partial charge on any atom is 0.121 e. The highest BCUT2D eigenvalue weighted by molar-refractivity contribution is 5.50. The molecule has 2 bridgehead atoms. The van der Waals surface area contributed by atoms with Gasteiger partial charge in [0.2, 0.25) is 0 Å².